The summed E-state index contributed by atoms with van der Waals surface area (Å²) >= 11 is 0. The predicted molar refractivity (Wildman–Crippen MR) is 80.4 cm³/mol. The zero-order chi connectivity index (χ0) is 14.7. The van der Waals surface area contributed by atoms with Crippen molar-refractivity contribution in [3.05, 3.63) is 53.6 Å². The van der Waals surface area contributed by atoms with Crippen molar-refractivity contribution in [3.8, 4) is 6.07 Å². The van der Waals surface area contributed by atoms with Gasteiger partial charge in [-0.1, -0.05) is 12.1 Å². The van der Waals surface area contributed by atoms with Crippen LogP contribution in [0.5, 0.6) is 0 Å². The lowest BCUT2D eigenvalue weighted by molar-refractivity contribution is 0.145. The maximum atomic E-state index is 8.87. The van der Waals surface area contributed by atoms with Gasteiger partial charge in [0.05, 0.1) is 17.7 Å². The highest BCUT2D eigenvalue weighted by molar-refractivity contribution is 5.31. The van der Waals surface area contributed by atoms with Crippen molar-refractivity contribution >= 4 is 0 Å². The van der Waals surface area contributed by atoms with Crippen molar-refractivity contribution in [2.24, 2.45) is 7.05 Å². The van der Waals surface area contributed by atoms with Crippen LogP contribution in [0.3, 0.4) is 0 Å². The highest BCUT2D eigenvalue weighted by Crippen LogP contribution is 2.22. The molecule has 5 nitrogen and oxygen atoms in total. The average molecular weight is 281 g/mol. The van der Waals surface area contributed by atoms with E-state index < -0.39 is 0 Å². The summed E-state index contributed by atoms with van der Waals surface area (Å²) in [5, 5.41) is 12.3. The minimum atomic E-state index is 0.286. The summed E-state index contributed by atoms with van der Waals surface area (Å²) in [6, 6.07) is 10.3. The van der Waals surface area contributed by atoms with Gasteiger partial charge in [-0.25, -0.2) is 4.98 Å². The Labute approximate surface area is 124 Å². The smallest absolute Gasteiger partial charge is 0.127 e. The van der Waals surface area contributed by atoms with E-state index in [2.05, 4.69) is 25.8 Å². The zero-order valence-corrected chi connectivity index (χ0v) is 12.2. The quantitative estimate of drug-likeness (QED) is 0.925. The van der Waals surface area contributed by atoms with Gasteiger partial charge >= 0.3 is 0 Å². The molecule has 1 fully saturated rings. The largest absolute Gasteiger partial charge is 0.337 e. The van der Waals surface area contributed by atoms with Gasteiger partial charge in [-0.15, -0.1) is 0 Å². The predicted octanol–water partition coefficient (Wildman–Crippen LogP) is 1.44. The van der Waals surface area contributed by atoms with Gasteiger partial charge < -0.3 is 9.88 Å². The highest BCUT2D eigenvalue weighted by atomic mass is 15.3. The Balaban J connectivity index is 1.78. The van der Waals surface area contributed by atoms with Crippen molar-refractivity contribution in [3.63, 3.8) is 0 Å². The molecule has 0 radical (unpaired) electrons. The Morgan fingerprint density at radius 2 is 2.19 bits per heavy atom. The van der Waals surface area contributed by atoms with E-state index in [1.165, 1.54) is 5.56 Å². The molecule has 0 amide bonds. The molecule has 2 heterocycles. The fraction of sp³-hybridized carbons (Fsp3) is 0.375. The fourth-order valence-electron chi connectivity index (χ4n) is 2.81. The summed E-state index contributed by atoms with van der Waals surface area (Å²) in [5.74, 6) is 1.09. The number of nitrogens with one attached hydrogen (secondary N) is 1. The van der Waals surface area contributed by atoms with Crippen LogP contribution in [0.25, 0.3) is 0 Å². The molecule has 1 saturated heterocycles. The SMILES string of the molecule is Cn1ccnc1C1CNCCN1Cc1ccc(C#N)cc1. The Bertz CT molecular complexity index is 637. The molecular weight excluding hydrogens is 262 g/mol. The number of imidazole rings is 1. The third kappa shape index (κ3) is 2.97. The molecule has 1 unspecified atom stereocenters. The van der Waals surface area contributed by atoms with Gasteiger partial charge in [-0.05, 0) is 17.7 Å². The van der Waals surface area contributed by atoms with E-state index >= 15 is 0 Å². The number of benzene rings is 1. The van der Waals surface area contributed by atoms with Crippen LogP contribution >= 0.6 is 0 Å². The number of aryl methyl sites for hydroxylation is 1. The first-order valence-corrected chi connectivity index (χ1v) is 7.19. The van der Waals surface area contributed by atoms with E-state index in [9.17, 15) is 0 Å². The van der Waals surface area contributed by atoms with Crippen LogP contribution in [-0.2, 0) is 13.6 Å². The van der Waals surface area contributed by atoms with Crippen molar-refractivity contribution in [1.29, 1.82) is 5.26 Å². The molecule has 1 N–H and O–H groups in total. The van der Waals surface area contributed by atoms with Crippen molar-refractivity contribution < 1.29 is 0 Å². The second-order valence-corrected chi connectivity index (χ2v) is 5.40. The normalized spacial score (nSPS) is 19.3. The molecule has 1 aliphatic heterocycles. The lowest BCUT2D eigenvalue weighted by Crippen LogP contribution is -2.46. The van der Waals surface area contributed by atoms with E-state index in [1.807, 2.05) is 43.7 Å². The van der Waals surface area contributed by atoms with Gasteiger partial charge in [0.2, 0.25) is 0 Å². The zero-order valence-electron chi connectivity index (χ0n) is 12.2. The van der Waals surface area contributed by atoms with Crippen LogP contribution in [0.1, 0.15) is 23.0 Å². The first-order chi connectivity index (χ1) is 10.3. The van der Waals surface area contributed by atoms with E-state index in [0.29, 0.717) is 5.56 Å². The molecule has 1 aromatic heterocycles. The van der Waals surface area contributed by atoms with Gasteiger partial charge in [0.25, 0.3) is 0 Å². The summed E-state index contributed by atoms with van der Waals surface area (Å²) in [5.41, 5.74) is 1.94. The summed E-state index contributed by atoms with van der Waals surface area (Å²) < 4.78 is 2.09. The van der Waals surface area contributed by atoms with Gasteiger partial charge in [-0.3, -0.25) is 4.90 Å². The second kappa shape index (κ2) is 6.08. The fourth-order valence-corrected chi connectivity index (χ4v) is 2.81. The average Bonchev–Trinajstić information content (AvgIpc) is 2.95. The van der Waals surface area contributed by atoms with Crippen LogP contribution in [0.15, 0.2) is 36.7 Å². The molecule has 3 rings (SSSR count). The monoisotopic (exact) mass is 281 g/mol. The maximum absolute atomic E-state index is 8.87. The molecule has 5 heteroatoms. The Morgan fingerprint density at radius 1 is 1.38 bits per heavy atom. The molecule has 108 valence electrons. The van der Waals surface area contributed by atoms with E-state index in [4.69, 9.17) is 5.26 Å². The number of aromatic nitrogens is 2. The topological polar surface area (TPSA) is 56.9 Å². The number of piperazine rings is 1. The Morgan fingerprint density at radius 3 is 2.86 bits per heavy atom. The van der Waals surface area contributed by atoms with Crippen LogP contribution in [0.4, 0.5) is 0 Å². The first-order valence-electron chi connectivity index (χ1n) is 7.19. The Hall–Kier alpha value is -2.16. The van der Waals surface area contributed by atoms with E-state index in [1.54, 1.807) is 0 Å². The molecule has 2 aromatic rings. The molecule has 0 spiro atoms. The first kappa shape index (κ1) is 13.8. The van der Waals surface area contributed by atoms with Crippen molar-refractivity contribution in [2.45, 2.75) is 12.6 Å². The summed E-state index contributed by atoms with van der Waals surface area (Å²) in [6.07, 6.45) is 3.84. The molecule has 0 saturated carbocycles. The molecule has 21 heavy (non-hydrogen) atoms. The van der Waals surface area contributed by atoms with E-state index in [0.717, 1.165) is 32.0 Å². The summed E-state index contributed by atoms with van der Waals surface area (Å²) in [7, 11) is 2.04. The van der Waals surface area contributed by atoms with E-state index in [-0.39, 0.29) is 6.04 Å². The van der Waals surface area contributed by atoms with Crippen LogP contribution in [-0.4, -0.2) is 34.1 Å². The van der Waals surface area contributed by atoms with Crippen LogP contribution in [0.2, 0.25) is 0 Å². The Kier molecular flexibility index (Phi) is 4.00. The van der Waals surface area contributed by atoms with Crippen molar-refractivity contribution in [2.75, 3.05) is 19.6 Å². The molecule has 0 bridgehead atoms. The molecule has 1 atom stereocenters. The van der Waals surface area contributed by atoms with Gasteiger partial charge in [0, 0.05) is 45.6 Å². The number of hydrogen-bond acceptors (Lipinski definition) is 4. The molecule has 1 aromatic carbocycles. The minimum Gasteiger partial charge on any atom is -0.337 e. The van der Waals surface area contributed by atoms with Gasteiger partial charge in [0.1, 0.15) is 5.82 Å². The maximum Gasteiger partial charge on any atom is 0.127 e. The van der Waals surface area contributed by atoms with Crippen molar-refractivity contribution in [1.82, 2.24) is 19.8 Å². The van der Waals surface area contributed by atoms with Crippen LogP contribution < -0.4 is 5.32 Å². The molecular formula is C16H19N5. The standard InChI is InChI=1S/C16H19N5/c1-20-8-7-19-16(20)15-11-18-6-9-21(15)12-14-4-2-13(10-17)3-5-14/h2-5,7-8,15,18H,6,9,11-12H2,1H3. The third-order valence-corrected chi connectivity index (χ3v) is 3.98. The summed E-state index contributed by atoms with van der Waals surface area (Å²) in [6.45, 7) is 3.79. The number of rotatable bonds is 3. The minimum absolute atomic E-state index is 0.286. The molecule has 0 aliphatic carbocycles. The van der Waals surface area contributed by atoms with Gasteiger partial charge in [-0.2, -0.15) is 5.26 Å². The lowest BCUT2D eigenvalue weighted by atomic mass is 10.1. The second-order valence-electron chi connectivity index (χ2n) is 5.40. The highest BCUT2D eigenvalue weighted by Gasteiger charge is 2.26. The lowest BCUT2D eigenvalue weighted by Gasteiger charge is -2.35. The van der Waals surface area contributed by atoms with Gasteiger partial charge in [0.15, 0.2) is 0 Å². The number of nitrogens with zero attached hydrogens (tertiary/aromatic N) is 4. The molecule has 1 aliphatic rings. The third-order valence-electron chi connectivity index (χ3n) is 3.98. The van der Waals surface area contributed by atoms with Crippen LogP contribution in [0, 0.1) is 11.3 Å². The summed E-state index contributed by atoms with van der Waals surface area (Å²) in [4.78, 5) is 6.94. The number of nitriles is 1. The number of hydrogen-bond donors (Lipinski definition) is 1.